The molecule has 1 N–H and O–H groups in total. The van der Waals surface area contributed by atoms with Crippen molar-refractivity contribution in [1.29, 1.82) is 0 Å². The lowest BCUT2D eigenvalue weighted by molar-refractivity contribution is -0.115. The van der Waals surface area contributed by atoms with E-state index in [1.54, 1.807) is 0 Å². The van der Waals surface area contributed by atoms with Gasteiger partial charge in [-0.05, 0) is 36.5 Å². The fraction of sp³-hybridized carbons (Fsp3) is 0.467. The van der Waals surface area contributed by atoms with E-state index in [9.17, 15) is 4.79 Å². The molecule has 0 saturated carbocycles. The summed E-state index contributed by atoms with van der Waals surface area (Å²) in [5, 5.41) is 3.54. The Balaban J connectivity index is 2.23. The van der Waals surface area contributed by atoms with Crippen LogP contribution in [0.3, 0.4) is 0 Å². The Hall–Kier alpha value is -0.940. The summed E-state index contributed by atoms with van der Waals surface area (Å²) < 4.78 is 1.13. The molecule has 1 amide bonds. The maximum Gasteiger partial charge on any atom is 0.239 e. The number of carbonyl (C=O) groups is 1. The van der Waals surface area contributed by atoms with Crippen LogP contribution in [-0.2, 0) is 4.79 Å². The van der Waals surface area contributed by atoms with E-state index >= 15 is 0 Å². The SMILES string of the molecule is CC[C@@H](Br)C(=O)Nc1nc2ccc([C@@H](C)CC)cc2s1. The molecule has 0 fully saturated rings. The number of rotatable bonds is 5. The predicted molar refractivity (Wildman–Crippen MR) is 90.0 cm³/mol. The molecule has 108 valence electrons. The predicted octanol–water partition coefficient (Wildman–Crippen LogP) is 4.92. The van der Waals surface area contributed by atoms with E-state index in [0.29, 0.717) is 11.0 Å². The first-order valence-electron chi connectivity index (χ1n) is 6.90. The third-order valence-electron chi connectivity index (χ3n) is 3.47. The van der Waals surface area contributed by atoms with Crippen LogP contribution in [-0.4, -0.2) is 15.7 Å². The van der Waals surface area contributed by atoms with Crippen molar-refractivity contribution in [3.05, 3.63) is 23.8 Å². The number of hydrogen-bond acceptors (Lipinski definition) is 3. The van der Waals surface area contributed by atoms with Gasteiger partial charge in [0.2, 0.25) is 5.91 Å². The number of aromatic nitrogens is 1. The van der Waals surface area contributed by atoms with Gasteiger partial charge in [-0.3, -0.25) is 4.79 Å². The molecule has 3 nitrogen and oxygen atoms in total. The van der Waals surface area contributed by atoms with Gasteiger partial charge in [-0.2, -0.15) is 0 Å². The zero-order chi connectivity index (χ0) is 14.7. The molecule has 0 aliphatic carbocycles. The Morgan fingerprint density at radius 3 is 2.80 bits per heavy atom. The van der Waals surface area contributed by atoms with E-state index in [2.05, 4.69) is 52.2 Å². The molecule has 5 heteroatoms. The lowest BCUT2D eigenvalue weighted by atomic mass is 9.99. The van der Waals surface area contributed by atoms with Gasteiger partial charge in [0, 0.05) is 0 Å². The third kappa shape index (κ3) is 3.38. The van der Waals surface area contributed by atoms with Crippen molar-refractivity contribution in [3.63, 3.8) is 0 Å². The van der Waals surface area contributed by atoms with Crippen LogP contribution in [0.15, 0.2) is 18.2 Å². The summed E-state index contributed by atoms with van der Waals surface area (Å²) in [4.78, 5) is 16.1. The highest BCUT2D eigenvalue weighted by atomic mass is 79.9. The van der Waals surface area contributed by atoms with Gasteiger partial charge < -0.3 is 5.32 Å². The minimum absolute atomic E-state index is 0.0336. The molecule has 2 aromatic rings. The van der Waals surface area contributed by atoms with Gasteiger partial charge in [0.1, 0.15) is 0 Å². The lowest BCUT2D eigenvalue weighted by Gasteiger charge is -2.07. The Kier molecular flexibility index (Phi) is 5.16. The van der Waals surface area contributed by atoms with Gasteiger partial charge in [-0.25, -0.2) is 4.98 Å². The monoisotopic (exact) mass is 354 g/mol. The van der Waals surface area contributed by atoms with Crippen LogP contribution >= 0.6 is 27.3 Å². The van der Waals surface area contributed by atoms with Crippen molar-refractivity contribution in [2.45, 2.75) is 44.4 Å². The molecule has 2 atom stereocenters. The topological polar surface area (TPSA) is 42.0 Å². The summed E-state index contributed by atoms with van der Waals surface area (Å²) in [7, 11) is 0. The van der Waals surface area contributed by atoms with Crippen molar-refractivity contribution in [2.24, 2.45) is 0 Å². The number of benzene rings is 1. The maximum absolute atomic E-state index is 11.9. The van der Waals surface area contributed by atoms with Gasteiger partial charge >= 0.3 is 0 Å². The fourth-order valence-corrected chi connectivity index (χ4v) is 2.94. The summed E-state index contributed by atoms with van der Waals surface area (Å²) in [5.74, 6) is 0.514. The van der Waals surface area contributed by atoms with E-state index in [0.717, 1.165) is 23.1 Å². The molecule has 0 radical (unpaired) electrons. The van der Waals surface area contributed by atoms with Gasteiger partial charge in [-0.15, -0.1) is 0 Å². The first kappa shape index (κ1) is 15.4. The van der Waals surface area contributed by atoms with Crippen molar-refractivity contribution in [1.82, 2.24) is 4.98 Å². The van der Waals surface area contributed by atoms with Crippen molar-refractivity contribution < 1.29 is 4.79 Å². The summed E-state index contributed by atoms with van der Waals surface area (Å²) >= 11 is 4.88. The number of carbonyl (C=O) groups excluding carboxylic acids is 1. The van der Waals surface area contributed by atoms with Crippen molar-refractivity contribution in [3.8, 4) is 0 Å². The quantitative estimate of drug-likeness (QED) is 0.774. The Morgan fingerprint density at radius 1 is 1.40 bits per heavy atom. The van der Waals surface area contributed by atoms with Crippen LogP contribution in [0.4, 0.5) is 5.13 Å². The fourth-order valence-electron chi connectivity index (χ4n) is 1.91. The number of fused-ring (bicyclic) bond motifs is 1. The number of halogens is 1. The van der Waals surface area contributed by atoms with Gasteiger partial charge in [-0.1, -0.05) is 54.1 Å². The number of nitrogens with one attached hydrogen (secondary N) is 1. The number of hydrogen-bond donors (Lipinski definition) is 1. The van der Waals surface area contributed by atoms with Crippen LogP contribution in [0.1, 0.15) is 45.1 Å². The maximum atomic E-state index is 11.9. The number of nitrogens with zero attached hydrogens (tertiary/aromatic N) is 1. The summed E-state index contributed by atoms with van der Waals surface area (Å²) in [6.07, 6.45) is 1.88. The number of alkyl halides is 1. The molecule has 2 rings (SSSR count). The zero-order valence-corrected chi connectivity index (χ0v) is 14.3. The Bertz CT molecular complexity index is 611. The second-order valence-electron chi connectivity index (χ2n) is 4.92. The molecule has 0 spiro atoms. The second kappa shape index (κ2) is 6.68. The second-order valence-corrected chi connectivity index (χ2v) is 7.06. The minimum Gasteiger partial charge on any atom is -0.301 e. The Morgan fingerprint density at radius 2 is 2.15 bits per heavy atom. The molecule has 0 saturated heterocycles. The van der Waals surface area contributed by atoms with E-state index in [4.69, 9.17) is 0 Å². The van der Waals surface area contributed by atoms with Gasteiger partial charge in [0.05, 0.1) is 15.0 Å². The minimum atomic E-state index is -0.162. The first-order valence-corrected chi connectivity index (χ1v) is 8.63. The van der Waals surface area contributed by atoms with Crippen LogP contribution in [0.5, 0.6) is 0 Å². The van der Waals surface area contributed by atoms with E-state index in [-0.39, 0.29) is 10.7 Å². The molecular weight excluding hydrogens is 336 g/mol. The smallest absolute Gasteiger partial charge is 0.239 e. The highest BCUT2D eigenvalue weighted by Crippen LogP contribution is 2.30. The van der Waals surface area contributed by atoms with Crippen molar-refractivity contribution in [2.75, 3.05) is 5.32 Å². The zero-order valence-electron chi connectivity index (χ0n) is 11.9. The van der Waals surface area contributed by atoms with Gasteiger partial charge in [0.15, 0.2) is 5.13 Å². The van der Waals surface area contributed by atoms with Crippen LogP contribution in [0, 0.1) is 0 Å². The van der Waals surface area contributed by atoms with E-state index in [1.165, 1.54) is 16.9 Å². The Labute approximate surface area is 131 Å². The number of thiazole rings is 1. The molecule has 1 aromatic carbocycles. The number of anilines is 1. The molecule has 0 aliphatic heterocycles. The molecule has 0 bridgehead atoms. The summed E-state index contributed by atoms with van der Waals surface area (Å²) in [6.45, 7) is 6.38. The average molecular weight is 355 g/mol. The summed E-state index contributed by atoms with van der Waals surface area (Å²) in [6, 6.07) is 6.35. The molecule has 1 aromatic heterocycles. The largest absolute Gasteiger partial charge is 0.301 e. The standard InChI is InChI=1S/C15H19BrN2OS/c1-4-9(3)10-6-7-12-13(8-10)20-15(17-12)18-14(19)11(16)5-2/h6-9,11H,4-5H2,1-3H3,(H,17,18,19)/t9-,11+/m0/s1. The number of amides is 1. The molecule has 0 aliphatic rings. The lowest BCUT2D eigenvalue weighted by Crippen LogP contribution is -2.21. The first-order chi connectivity index (χ1) is 9.55. The highest BCUT2D eigenvalue weighted by Gasteiger charge is 2.15. The highest BCUT2D eigenvalue weighted by molar-refractivity contribution is 9.10. The molecule has 1 heterocycles. The molecule has 20 heavy (non-hydrogen) atoms. The average Bonchev–Trinajstić information content (AvgIpc) is 2.86. The normalized spacial score (nSPS) is 14.2. The third-order valence-corrected chi connectivity index (χ3v) is 5.46. The summed E-state index contributed by atoms with van der Waals surface area (Å²) in [5.41, 5.74) is 2.27. The molecule has 0 unspecified atom stereocenters. The van der Waals surface area contributed by atoms with E-state index in [1.807, 2.05) is 13.0 Å². The van der Waals surface area contributed by atoms with E-state index < -0.39 is 0 Å². The van der Waals surface area contributed by atoms with Gasteiger partial charge in [0.25, 0.3) is 0 Å². The van der Waals surface area contributed by atoms with Crippen molar-refractivity contribution >= 4 is 48.5 Å². The molecular formula is C15H19BrN2OS. The van der Waals surface area contributed by atoms with Crippen LogP contribution in [0.25, 0.3) is 10.2 Å². The van der Waals surface area contributed by atoms with Crippen LogP contribution in [0.2, 0.25) is 0 Å². The van der Waals surface area contributed by atoms with Crippen LogP contribution < -0.4 is 5.32 Å².